The van der Waals surface area contributed by atoms with Crippen molar-refractivity contribution >= 4 is 5.97 Å². The second-order valence-electron chi connectivity index (χ2n) is 14.3. The lowest BCUT2D eigenvalue weighted by Gasteiger charge is -2.49. The summed E-state index contributed by atoms with van der Waals surface area (Å²) in [4.78, 5) is 12.3. The molecular weight excluding hydrogens is 452 g/mol. The third kappa shape index (κ3) is 6.31. The van der Waals surface area contributed by atoms with Gasteiger partial charge in [-0.2, -0.15) is 0 Å². The Kier molecular flexibility index (Phi) is 9.15. The molecule has 36 heavy (non-hydrogen) atoms. The van der Waals surface area contributed by atoms with Crippen molar-refractivity contribution in [1.82, 2.24) is 0 Å². The van der Waals surface area contributed by atoms with Crippen LogP contribution in [0.25, 0.3) is 0 Å². The molecule has 4 fully saturated rings. The van der Waals surface area contributed by atoms with Gasteiger partial charge in [0.25, 0.3) is 0 Å². The molecule has 4 aliphatic rings. The zero-order valence-electron chi connectivity index (χ0n) is 23.5. The first kappa shape index (κ1) is 28.4. The molecule has 3 N–H and O–H groups in total. The van der Waals surface area contributed by atoms with Crippen molar-refractivity contribution in [3.63, 3.8) is 0 Å². The quantitative estimate of drug-likeness (QED) is 0.363. The van der Waals surface area contributed by atoms with Crippen LogP contribution in [0.4, 0.5) is 0 Å². The Hall–Kier alpha value is -0.650. The molecule has 3 unspecified atom stereocenters. The Labute approximate surface area is 219 Å². The van der Waals surface area contributed by atoms with E-state index in [2.05, 4.69) is 27.7 Å². The Morgan fingerprint density at radius 2 is 1.00 bits per heavy atom. The van der Waals surface area contributed by atoms with Crippen LogP contribution in [0.1, 0.15) is 124 Å². The van der Waals surface area contributed by atoms with Crippen LogP contribution in [0, 0.1) is 40.4 Å². The maximum Gasteiger partial charge on any atom is 0.309 e. The van der Waals surface area contributed by atoms with E-state index in [0.29, 0.717) is 29.1 Å². The molecule has 0 heterocycles. The second-order valence-corrected chi connectivity index (χ2v) is 14.3. The number of hydrogen-bond donors (Lipinski definition) is 3. The Morgan fingerprint density at radius 1 is 0.611 bits per heavy atom. The highest BCUT2D eigenvalue weighted by molar-refractivity contribution is 5.71. The van der Waals surface area contributed by atoms with Crippen molar-refractivity contribution in [3.8, 4) is 0 Å². The highest BCUT2D eigenvalue weighted by Gasteiger charge is 2.46. The molecule has 0 aromatic carbocycles. The van der Waals surface area contributed by atoms with Crippen LogP contribution in [0.3, 0.4) is 0 Å². The monoisotopic (exact) mass is 506 g/mol. The van der Waals surface area contributed by atoms with E-state index in [1.807, 2.05) is 0 Å². The molecule has 4 aliphatic carbocycles. The molecule has 208 valence electrons. The van der Waals surface area contributed by atoms with Gasteiger partial charge >= 0.3 is 5.97 Å². The Morgan fingerprint density at radius 3 is 1.44 bits per heavy atom. The van der Waals surface area contributed by atoms with E-state index in [9.17, 15) is 20.1 Å². The minimum absolute atomic E-state index is 0.0976. The van der Waals surface area contributed by atoms with Gasteiger partial charge in [-0.3, -0.25) is 4.79 Å². The zero-order chi connectivity index (χ0) is 26.1. The second kappa shape index (κ2) is 11.6. The normalized spacial score (nSPS) is 41.1. The number of hydrogen-bond acceptors (Lipinski definition) is 4. The van der Waals surface area contributed by atoms with Crippen LogP contribution >= 0.6 is 0 Å². The van der Waals surface area contributed by atoms with Crippen LogP contribution < -0.4 is 0 Å². The molecule has 0 aromatic heterocycles. The number of carbonyl (C=O) groups is 1. The number of aliphatic hydroxyl groups excluding tert-OH is 2. The lowest BCUT2D eigenvalue weighted by Crippen LogP contribution is -2.45. The van der Waals surface area contributed by atoms with E-state index in [4.69, 9.17) is 4.74 Å². The molecule has 0 amide bonds. The van der Waals surface area contributed by atoms with E-state index in [0.717, 1.165) is 83.5 Å². The summed E-state index contributed by atoms with van der Waals surface area (Å²) in [6.07, 6.45) is 14.9. The lowest BCUT2D eigenvalue weighted by molar-refractivity contribution is -0.159. The van der Waals surface area contributed by atoms with Gasteiger partial charge in [0.2, 0.25) is 0 Å². The van der Waals surface area contributed by atoms with Gasteiger partial charge in [-0.25, -0.2) is 0 Å². The zero-order valence-corrected chi connectivity index (χ0v) is 23.5. The molecular formula is C31H54O5. The Balaban J connectivity index is 1.29. The Bertz CT molecular complexity index is 708. The van der Waals surface area contributed by atoms with Crippen LogP contribution in [-0.2, 0) is 9.53 Å². The number of rotatable bonds is 7. The average molecular weight is 507 g/mol. The summed E-state index contributed by atoms with van der Waals surface area (Å²) in [6, 6.07) is 0. The largest absolute Gasteiger partial charge is 0.481 e. The van der Waals surface area contributed by atoms with Crippen LogP contribution in [-0.4, -0.2) is 45.7 Å². The molecule has 0 aliphatic heterocycles. The molecule has 3 atom stereocenters. The first-order valence-electron chi connectivity index (χ1n) is 15.2. The molecule has 0 saturated heterocycles. The maximum absolute atomic E-state index is 12.3. The van der Waals surface area contributed by atoms with Gasteiger partial charge in [0.15, 0.2) is 0 Å². The lowest BCUT2D eigenvalue weighted by atomic mass is 9.59. The topological polar surface area (TPSA) is 87.0 Å². The van der Waals surface area contributed by atoms with Crippen LogP contribution in [0.15, 0.2) is 0 Å². The maximum atomic E-state index is 12.3. The standard InChI is InChI=1S/C31H54O5/c1-30(2,20-5-12-24(32)13-6-20)22-9-16-26(17-10-22)36-28-18-11-23(19-27(28)29(34)35)31(3,4)21-7-14-25(33)15-8-21/h20-28,32-33H,5-19H2,1-4H3,(H,34,35). The fourth-order valence-electron chi connectivity index (χ4n) is 8.74. The van der Waals surface area contributed by atoms with Crippen molar-refractivity contribution in [3.05, 3.63) is 0 Å². The summed E-state index contributed by atoms with van der Waals surface area (Å²) in [7, 11) is 0. The number of aliphatic hydroxyl groups is 2. The van der Waals surface area contributed by atoms with E-state index < -0.39 is 11.9 Å². The summed E-state index contributed by atoms with van der Waals surface area (Å²) in [5, 5.41) is 30.0. The number of aliphatic carboxylic acids is 1. The van der Waals surface area contributed by atoms with Gasteiger partial charge in [0.1, 0.15) is 0 Å². The van der Waals surface area contributed by atoms with Crippen molar-refractivity contribution in [2.75, 3.05) is 0 Å². The van der Waals surface area contributed by atoms with Gasteiger partial charge in [0.05, 0.1) is 30.3 Å². The van der Waals surface area contributed by atoms with E-state index in [1.54, 1.807) is 0 Å². The van der Waals surface area contributed by atoms with Crippen molar-refractivity contribution < 1.29 is 24.9 Å². The number of ether oxygens (including phenoxy) is 1. The highest BCUT2D eigenvalue weighted by Crippen LogP contribution is 2.51. The van der Waals surface area contributed by atoms with E-state index in [-0.39, 0.29) is 29.8 Å². The predicted octanol–water partition coefficient (Wildman–Crippen LogP) is 6.59. The molecule has 0 aromatic rings. The first-order valence-corrected chi connectivity index (χ1v) is 15.2. The summed E-state index contributed by atoms with van der Waals surface area (Å²) in [6.45, 7) is 9.57. The molecule has 0 spiro atoms. The number of carboxylic acids is 1. The van der Waals surface area contributed by atoms with E-state index >= 15 is 0 Å². The molecule has 4 saturated carbocycles. The summed E-state index contributed by atoms with van der Waals surface area (Å²) in [5.74, 6) is 1.28. The average Bonchev–Trinajstić information content (AvgIpc) is 2.85. The molecule has 0 radical (unpaired) electrons. The molecule has 5 nitrogen and oxygen atoms in total. The van der Waals surface area contributed by atoms with Gasteiger partial charge < -0.3 is 20.1 Å². The number of carboxylic acid groups (broad SMARTS) is 1. The minimum atomic E-state index is -0.686. The molecule has 4 rings (SSSR count). The van der Waals surface area contributed by atoms with Gasteiger partial charge in [-0.15, -0.1) is 0 Å². The minimum Gasteiger partial charge on any atom is -0.481 e. The van der Waals surface area contributed by atoms with Gasteiger partial charge in [0, 0.05) is 0 Å². The summed E-state index contributed by atoms with van der Waals surface area (Å²) >= 11 is 0. The molecule has 0 bridgehead atoms. The highest BCUT2D eigenvalue weighted by atomic mass is 16.5. The van der Waals surface area contributed by atoms with E-state index in [1.165, 1.54) is 12.8 Å². The third-order valence-electron chi connectivity index (χ3n) is 11.7. The van der Waals surface area contributed by atoms with Crippen molar-refractivity contribution in [2.24, 2.45) is 40.4 Å². The van der Waals surface area contributed by atoms with Crippen LogP contribution in [0.2, 0.25) is 0 Å². The van der Waals surface area contributed by atoms with Crippen LogP contribution in [0.5, 0.6) is 0 Å². The van der Waals surface area contributed by atoms with Gasteiger partial charge in [-0.05, 0) is 131 Å². The van der Waals surface area contributed by atoms with Crippen molar-refractivity contribution in [2.45, 2.75) is 148 Å². The summed E-state index contributed by atoms with van der Waals surface area (Å²) < 4.78 is 6.60. The molecule has 5 heteroatoms. The van der Waals surface area contributed by atoms with Gasteiger partial charge in [-0.1, -0.05) is 27.7 Å². The van der Waals surface area contributed by atoms with Crippen molar-refractivity contribution in [1.29, 1.82) is 0 Å². The fraction of sp³-hybridized carbons (Fsp3) is 0.968. The summed E-state index contributed by atoms with van der Waals surface area (Å²) in [5.41, 5.74) is 0.408. The third-order valence-corrected chi connectivity index (χ3v) is 11.7. The fourth-order valence-corrected chi connectivity index (χ4v) is 8.74. The smallest absolute Gasteiger partial charge is 0.309 e. The SMILES string of the molecule is CC(C)(C1CCC(O)CC1)C1CCC(OC2CCC(C(C)(C)C3CCC(O)CC3)CC2C(=O)O)CC1. The predicted molar refractivity (Wildman–Crippen MR) is 143 cm³/mol. The first-order chi connectivity index (χ1) is 17.0.